The molecule has 128 valence electrons. The maximum atomic E-state index is 12.6. The highest BCUT2D eigenvalue weighted by atomic mass is 16.5. The van der Waals surface area contributed by atoms with Crippen LogP contribution in [0.1, 0.15) is 24.0 Å². The summed E-state index contributed by atoms with van der Waals surface area (Å²) >= 11 is 0. The zero-order valence-corrected chi connectivity index (χ0v) is 14.3. The molecule has 25 heavy (non-hydrogen) atoms. The molecule has 0 heterocycles. The van der Waals surface area contributed by atoms with Crippen molar-refractivity contribution in [2.45, 2.75) is 19.4 Å². The third-order valence-corrected chi connectivity index (χ3v) is 4.34. The zero-order valence-electron chi connectivity index (χ0n) is 14.3. The number of aliphatic hydroxyl groups excluding tert-OH is 1. The molecule has 1 atom stereocenters. The summed E-state index contributed by atoms with van der Waals surface area (Å²) in [6.45, 7) is 1.84. The van der Waals surface area contributed by atoms with Gasteiger partial charge < -0.3 is 15.2 Å². The average Bonchev–Trinajstić information content (AvgIpc) is 2.66. The first-order chi connectivity index (χ1) is 12.1. The van der Waals surface area contributed by atoms with E-state index in [4.69, 9.17) is 4.74 Å². The van der Waals surface area contributed by atoms with E-state index in [0.717, 1.165) is 27.6 Å². The molecule has 0 saturated carbocycles. The molecule has 4 heteroatoms. The number of hydrogen-bond donors (Lipinski definition) is 2. The molecule has 3 rings (SSSR count). The average molecular weight is 335 g/mol. The smallest absolute Gasteiger partial charge is 0.231 e. The molecule has 0 aliphatic rings. The molecule has 0 radical (unpaired) electrons. The van der Waals surface area contributed by atoms with Crippen LogP contribution in [0, 0.1) is 0 Å². The van der Waals surface area contributed by atoms with Crippen molar-refractivity contribution in [1.82, 2.24) is 0 Å². The minimum Gasteiger partial charge on any atom is -0.497 e. The van der Waals surface area contributed by atoms with E-state index in [1.165, 1.54) is 0 Å². The third-order valence-electron chi connectivity index (χ3n) is 4.34. The van der Waals surface area contributed by atoms with Gasteiger partial charge in [0.05, 0.1) is 19.6 Å². The molecule has 2 N–H and O–H groups in total. The molecule has 0 aromatic heterocycles. The summed E-state index contributed by atoms with van der Waals surface area (Å²) < 4.78 is 5.24. The third kappa shape index (κ3) is 3.80. The molecule has 0 fully saturated rings. The van der Waals surface area contributed by atoms with E-state index in [1.54, 1.807) is 13.2 Å². The molecule has 1 amide bonds. The second-order valence-corrected chi connectivity index (χ2v) is 6.04. The first-order valence-electron chi connectivity index (χ1n) is 8.19. The fraction of sp³-hybridized carbons (Fsp3) is 0.190. The van der Waals surface area contributed by atoms with E-state index in [1.807, 2.05) is 61.5 Å². The van der Waals surface area contributed by atoms with Gasteiger partial charge in [0, 0.05) is 5.69 Å². The molecule has 3 aromatic rings. The lowest BCUT2D eigenvalue weighted by molar-refractivity contribution is -0.117. The molecule has 0 aliphatic heterocycles. The largest absolute Gasteiger partial charge is 0.497 e. The van der Waals surface area contributed by atoms with Gasteiger partial charge in [0.15, 0.2) is 0 Å². The Morgan fingerprint density at radius 2 is 1.84 bits per heavy atom. The number of fused-ring (bicyclic) bond motifs is 1. The van der Waals surface area contributed by atoms with Gasteiger partial charge in [-0.25, -0.2) is 0 Å². The molecule has 0 spiro atoms. The summed E-state index contributed by atoms with van der Waals surface area (Å²) in [5, 5.41) is 14.3. The summed E-state index contributed by atoms with van der Waals surface area (Å²) in [4.78, 5) is 12.6. The van der Waals surface area contributed by atoms with Crippen LogP contribution >= 0.6 is 0 Å². The van der Waals surface area contributed by atoms with Crippen molar-refractivity contribution in [3.05, 3.63) is 71.8 Å². The lowest BCUT2D eigenvalue weighted by atomic mass is 9.97. The SMILES string of the molecule is COc1ccc2cc([C@H](C)C(=O)Nc3cccc(CO)c3)ccc2c1. The molecule has 3 aromatic carbocycles. The van der Waals surface area contributed by atoms with Crippen molar-refractivity contribution in [3.8, 4) is 5.75 Å². The number of anilines is 1. The number of amides is 1. The first-order valence-corrected chi connectivity index (χ1v) is 8.19. The second kappa shape index (κ2) is 7.36. The van der Waals surface area contributed by atoms with E-state index >= 15 is 0 Å². The van der Waals surface area contributed by atoms with Crippen molar-refractivity contribution in [1.29, 1.82) is 0 Å². The fourth-order valence-corrected chi connectivity index (χ4v) is 2.79. The van der Waals surface area contributed by atoms with Crippen LogP contribution in [0.4, 0.5) is 5.69 Å². The van der Waals surface area contributed by atoms with Gasteiger partial charge in [-0.1, -0.05) is 36.4 Å². The normalized spacial score (nSPS) is 12.0. The number of ether oxygens (including phenoxy) is 1. The van der Waals surface area contributed by atoms with E-state index in [9.17, 15) is 9.90 Å². The Morgan fingerprint density at radius 3 is 2.60 bits per heavy atom. The van der Waals surface area contributed by atoms with Crippen molar-refractivity contribution in [2.75, 3.05) is 12.4 Å². The van der Waals surface area contributed by atoms with Crippen LogP contribution in [-0.2, 0) is 11.4 Å². The fourth-order valence-electron chi connectivity index (χ4n) is 2.79. The lowest BCUT2D eigenvalue weighted by Gasteiger charge is -2.14. The highest BCUT2D eigenvalue weighted by Gasteiger charge is 2.16. The van der Waals surface area contributed by atoms with Gasteiger partial charge in [-0.05, 0) is 53.1 Å². The minimum atomic E-state index is -0.288. The standard InChI is InChI=1S/C21H21NO3/c1-14(21(24)22-19-5-3-4-15(10-19)13-23)16-6-7-18-12-20(25-2)9-8-17(18)11-16/h3-12,14,23H,13H2,1-2H3,(H,22,24)/t14-/m0/s1. The summed E-state index contributed by atoms with van der Waals surface area (Å²) in [7, 11) is 1.65. The number of carbonyl (C=O) groups is 1. The minimum absolute atomic E-state index is 0.0482. The highest BCUT2D eigenvalue weighted by Crippen LogP contribution is 2.26. The second-order valence-electron chi connectivity index (χ2n) is 6.04. The molecule has 0 saturated heterocycles. The summed E-state index contributed by atoms with van der Waals surface area (Å²) in [6.07, 6.45) is 0. The van der Waals surface area contributed by atoms with E-state index in [2.05, 4.69) is 5.32 Å². The van der Waals surface area contributed by atoms with Crippen LogP contribution < -0.4 is 10.1 Å². The number of nitrogens with one attached hydrogen (secondary N) is 1. The Labute approximate surface area is 147 Å². The van der Waals surface area contributed by atoms with Gasteiger partial charge in [-0.2, -0.15) is 0 Å². The molecular formula is C21H21NO3. The molecular weight excluding hydrogens is 314 g/mol. The quantitative estimate of drug-likeness (QED) is 0.738. The van der Waals surface area contributed by atoms with Crippen LogP contribution in [0.5, 0.6) is 5.75 Å². The van der Waals surface area contributed by atoms with Gasteiger partial charge in [0.1, 0.15) is 5.75 Å². The number of rotatable bonds is 5. The van der Waals surface area contributed by atoms with E-state index in [0.29, 0.717) is 5.69 Å². The number of benzene rings is 3. The molecule has 0 unspecified atom stereocenters. The zero-order chi connectivity index (χ0) is 17.8. The van der Waals surface area contributed by atoms with Crippen LogP contribution in [0.25, 0.3) is 10.8 Å². The van der Waals surface area contributed by atoms with Crippen LogP contribution in [-0.4, -0.2) is 18.1 Å². The number of carbonyl (C=O) groups excluding carboxylic acids is 1. The Balaban J connectivity index is 1.80. The van der Waals surface area contributed by atoms with Gasteiger partial charge in [-0.3, -0.25) is 4.79 Å². The Bertz CT molecular complexity index is 905. The Hall–Kier alpha value is -2.85. The van der Waals surface area contributed by atoms with Gasteiger partial charge in [0.2, 0.25) is 5.91 Å². The van der Waals surface area contributed by atoms with E-state index < -0.39 is 0 Å². The Kier molecular flexibility index (Phi) is 5.00. The number of methoxy groups -OCH3 is 1. The van der Waals surface area contributed by atoms with Crippen LogP contribution in [0.2, 0.25) is 0 Å². The van der Waals surface area contributed by atoms with Gasteiger partial charge in [-0.15, -0.1) is 0 Å². The van der Waals surface area contributed by atoms with Crippen molar-refractivity contribution < 1.29 is 14.6 Å². The van der Waals surface area contributed by atoms with Gasteiger partial charge >= 0.3 is 0 Å². The predicted octanol–water partition coefficient (Wildman–Crippen LogP) is 4.08. The lowest BCUT2D eigenvalue weighted by Crippen LogP contribution is -2.18. The molecule has 4 nitrogen and oxygen atoms in total. The number of aliphatic hydroxyl groups is 1. The summed E-state index contributed by atoms with van der Waals surface area (Å²) in [5.74, 6) is 0.446. The van der Waals surface area contributed by atoms with Gasteiger partial charge in [0.25, 0.3) is 0 Å². The topological polar surface area (TPSA) is 58.6 Å². The summed E-state index contributed by atoms with van der Waals surface area (Å²) in [5.41, 5.74) is 2.41. The number of hydrogen-bond acceptors (Lipinski definition) is 3. The first kappa shape index (κ1) is 17.0. The van der Waals surface area contributed by atoms with Crippen molar-refractivity contribution >= 4 is 22.4 Å². The van der Waals surface area contributed by atoms with Crippen LogP contribution in [0.3, 0.4) is 0 Å². The maximum Gasteiger partial charge on any atom is 0.231 e. The predicted molar refractivity (Wildman–Crippen MR) is 99.9 cm³/mol. The van der Waals surface area contributed by atoms with E-state index in [-0.39, 0.29) is 18.4 Å². The van der Waals surface area contributed by atoms with Crippen LogP contribution in [0.15, 0.2) is 60.7 Å². The summed E-state index contributed by atoms with van der Waals surface area (Å²) in [6, 6.07) is 19.1. The highest BCUT2D eigenvalue weighted by molar-refractivity contribution is 5.96. The Morgan fingerprint density at radius 1 is 1.08 bits per heavy atom. The monoisotopic (exact) mass is 335 g/mol. The molecule has 0 bridgehead atoms. The maximum absolute atomic E-state index is 12.6. The van der Waals surface area contributed by atoms with Crippen molar-refractivity contribution in [2.24, 2.45) is 0 Å². The van der Waals surface area contributed by atoms with Crippen molar-refractivity contribution in [3.63, 3.8) is 0 Å². The molecule has 0 aliphatic carbocycles.